The maximum atomic E-state index is 12.7. The lowest BCUT2D eigenvalue weighted by Gasteiger charge is -2.33. The lowest BCUT2D eigenvalue weighted by molar-refractivity contribution is -0.123. The van der Waals surface area contributed by atoms with E-state index in [9.17, 15) is 23.3 Å². The monoisotopic (exact) mass is 514 g/mol. The summed E-state index contributed by atoms with van der Waals surface area (Å²) in [5.41, 5.74) is 1.36. The second-order valence-electron chi connectivity index (χ2n) is 8.30. The van der Waals surface area contributed by atoms with Crippen LogP contribution < -0.4 is 9.62 Å². The first-order valence-electron chi connectivity index (χ1n) is 11.8. The van der Waals surface area contributed by atoms with Crippen LogP contribution in [0.4, 0.5) is 5.82 Å². The van der Waals surface area contributed by atoms with Crippen molar-refractivity contribution in [3.8, 4) is 6.07 Å². The minimum absolute atomic E-state index is 0.0848. The van der Waals surface area contributed by atoms with Crippen molar-refractivity contribution in [2.45, 2.75) is 39.0 Å². The molecule has 2 aromatic rings. The number of pyridine rings is 1. The molecule has 2 heterocycles. The quantitative estimate of drug-likeness (QED) is 0.474. The topological polar surface area (TPSA) is 139 Å². The Labute approximate surface area is 211 Å². The fourth-order valence-corrected chi connectivity index (χ4v) is 5.15. The minimum Gasteiger partial charge on any atom is -0.462 e. The molecule has 0 unspecified atom stereocenters. The number of amides is 1. The summed E-state index contributed by atoms with van der Waals surface area (Å²) in [5.74, 6) is -1.47. The smallest absolute Gasteiger partial charge is 0.340 e. The molecule has 1 fully saturated rings. The normalized spacial score (nSPS) is 14.2. The Kier molecular flexibility index (Phi) is 9.38. The fraction of sp³-hybridized carbons (Fsp3) is 0.440. The Morgan fingerprint density at radius 3 is 2.47 bits per heavy atom. The van der Waals surface area contributed by atoms with E-state index in [0.717, 1.165) is 0 Å². The summed E-state index contributed by atoms with van der Waals surface area (Å²) in [5, 5.41) is 9.71. The van der Waals surface area contributed by atoms with Gasteiger partial charge in [0.1, 0.15) is 11.9 Å². The van der Waals surface area contributed by atoms with Gasteiger partial charge >= 0.3 is 5.97 Å². The predicted octanol–water partition coefficient (Wildman–Crippen LogP) is 2.53. The highest BCUT2D eigenvalue weighted by atomic mass is 32.2. The van der Waals surface area contributed by atoms with Gasteiger partial charge in [0, 0.05) is 25.6 Å². The third-order valence-electron chi connectivity index (χ3n) is 5.76. The van der Waals surface area contributed by atoms with Gasteiger partial charge in [-0.2, -0.15) is 5.26 Å². The van der Waals surface area contributed by atoms with E-state index >= 15 is 0 Å². The van der Waals surface area contributed by atoms with Gasteiger partial charge in [-0.1, -0.05) is 30.3 Å². The Morgan fingerprint density at radius 2 is 1.86 bits per heavy atom. The van der Waals surface area contributed by atoms with Gasteiger partial charge < -0.3 is 14.4 Å². The highest BCUT2D eigenvalue weighted by Crippen LogP contribution is 2.27. The average Bonchev–Trinajstić information content (AvgIpc) is 2.87. The van der Waals surface area contributed by atoms with Crippen LogP contribution >= 0.6 is 0 Å². The maximum Gasteiger partial charge on any atom is 0.340 e. The third-order valence-corrected chi connectivity index (χ3v) is 6.99. The van der Waals surface area contributed by atoms with Gasteiger partial charge in [-0.15, -0.1) is 0 Å². The summed E-state index contributed by atoms with van der Waals surface area (Å²) >= 11 is 0. The van der Waals surface area contributed by atoms with Crippen molar-refractivity contribution in [2.75, 3.05) is 31.2 Å². The molecular weight excluding hydrogens is 484 g/mol. The van der Waals surface area contributed by atoms with Gasteiger partial charge in [0.15, 0.2) is 0 Å². The van der Waals surface area contributed by atoms with Crippen molar-refractivity contribution in [3.63, 3.8) is 0 Å². The van der Waals surface area contributed by atoms with Gasteiger partial charge in [-0.05, 0) is 38.3 Å². The summed E-state index contributed by atoms with van der Waals surface area (Å²) in [7, 11) is -3.82. The van der Waals surface area contributed by atoms with Gasteiger partial charge in [0.2, 0.25) is 15.9 Å². The molecule has 0 radical (unpaired) electrons. The maximum absolute atomic E-state index is 12.7. The molecule has 1 amide bonds. The first kappa shape index (κ1) is 27.1. The molecular formula is C25H30N4O6S. The summed E-state index contributed by atoms with van der Waals surface area (Å²) in [6.45, 7) is 5.00. The second-order valence-corrected chi connectivity index (χ2v) is 10.0. The van der Waals surface area contributed by atoms with Crippen LogP contribution in [0, 0.1) is 17.2 Å². The zero-order chi connectivity index (χ0) is 26.1. The van der Waals surface area contributed by atoms with E-state index in [-0.39, 0.29) is 30.1 Å². The van der Waals surface area contributed by atoms with Crippen LogP contribution in [0.2, 0.25) is 0 Å². The molecule has 36 heavy (non-hydrogen) atoms. The van der Waals surface area contributed by atoms with Crippen molar-refractivity contribution in [1.29, 1.82) is 5.26 Å². The summed E-state index contributed by atoms with van der Waals surface area (Å²) in [6.07, 6.45) is 0.777. The lowest BCUT2D eigenvalue weighted by Crippen LogP contribution is -2.43. The number of hydrogen-bond acceptors (Lipinski definition) is 9. The number of carbonyl (C=O) groups excluding carboxylic acids is 2. The highest BCUT2D eigenvalue weighted by Gasteiger charge is 2.30. The molecule has 1 aromatic heterocycles. The van der Waals surface area contributed by atoms with Crippen LogP contribution in [-0.4, -0.2) is 51.6 Å². The van der Waals surface area contributed by atoms with E-state index in [0.29, 0.717) is 49.6 Å². The number of piperidine rings is 1. The molecule has 3 rings (SSSR count). The summed E-state index contributed by atoms with van der Waals surface area (Å²) in [4.78, 5) is 31.5. The number of ether oxygens (including phenoxy) is 2. The molecule has 1 aliphatic rings. The highest BCUT2D eigenvalue weighted by molar-refractivity contribution is 7.89. The number of anilines is 1. The van der Waals surface area contributed by atoms with Crippen LogP contribution in [0.1, 0.15) is 53.9 Å². The molecule has 0 atom stereocenters. The average molecular weight is 515 g/mol. The number of hydrogen-bond donors (Lipinski definition) is 1. The van der Waals surface area contributed by atoms with E-state index in [1.54, 1.807) is 37.3 Å². The van der Waals surface area contributed by atoms with Crippen LogP contribution in [0.25, 0.3) is 0 Å². The number of nitrogens with one attached hydrogen (secondary N) is 1. The number of sulfonamides is 1. The van der Waals surface area contributed by atoms with E-state index in [1.165, 1.54) is 6.07 Å². The third kappa shape index (κ3) is 7.02. The molecule has 0 spiro atoms. The predicted molar refractivity (Wildman–Crippen MR) is 132 cm³/mol. The Hall–Kier alpha value is -3.49. The zero-order valence-corrected chi connectivity index (χ0v) is 21.2. The molecule has 0 bridgehead atoms. The Morgan fingerprint density at radius 1 is 1.17 bits per heavy atom. The molecule has 10 nitrogen and oxygen atoms in total. The molecule has 11 heteroatoms. The van der Waals surface area contributed by atoms with Crippen molar-refractivity contribution in [3.05, 3.63) is 58.8 Å². The van der Waals surface area contributed by atoms with Crippen molar-refractivity contribution >= 4 is 27.7 Å². The van der Waals surface area contributed by atoms with Crippen molar-refractivity contribution < 1.29 is 27.5 Å². The number of rotatable bonds is 10. The Balaban J connectivity index is 1.70. The van der Waals surface area contributed by atoms with Crippen LogP contribution in [0.15, 0.2) is 36.4 Å². The van der Waals surface area contributed by atoms with Gasteiger partial charge in [-0.3, -0.25) is 9.52 Å². The molecule has 1 aliphatic heterocycles. The van der Waals surface area contributed by atoms with Crippen molar-refractivity contribution in [1.82, 2.24) is 9.71 Å². The Bertz CT molecular complexity index is 1220. The first-order chi connectivity index (χ1) is 17.3. The molecule has 0 aliphatic carbocycles. The molecule has 1 saturated heterocycles. The fourth-order valence-electron chi connectivity index (χ4n) is 3.98. The minimum atomic E-state index is -3.82. The molecule has 1 aromatic carbocycles. The van der Waals surface area contributed by atoms with Crippen LogP contribution in [-0.2, 0) is 36.7 Å². The summed E-state index contributed by atoms with van der Waals surface area (Å²) in [6, 6.07) is 12.2. The number of carbonyl (C=O) groups is 2. The van der Waals surface area contributed by atoms with Crippen LogP contribution in [0.5, 0.6) is 0 Å². The second kappa shape index (κ2) is 12.5. The molecule has 1 N–H and O–H groups in total. The SMILES string of the molecule is CCOCc1nc(N2CCC(C(=O)NS(=O)(=O)Cc3ccccc3)CC2)c(C#N)cc1C(=O)OCC. The number of nitrogens with zero attached hydrogens (tertiary/aromatic N) is 3. The summed E-state index contributed by atoms with van der Waals surface area (Å²) < 4.78 is 37.6. The van der Waals surface area contributed by atoms with Gasteiger partial charge in [0.25, 0.3) is 0 Å². The zero-order valence-electron chi connectivity index (χ0n) is 20.4. The standard InChI is InChI=1S/C25H30N4O6S/c1-3-34-16-22-21(25(31)35-4-2)14-20(15-26)23(27-22)29-12-10-19(11-13-29)24(30)28-36(32,33)17-18-8-6-5-7-9-18/h5-9,14,19H,3-4,10-13,16-17H2,1-2H3,(H,28,30). The lowest BCUT2D eigenvalue weighted by atomic mass is 9.96. The molecule has 0 saturated carbocycles. The number of nitriles is 1. The number of esters is 1. The van der Waals surface area contributed by atoms with E-state index in [2.05, 4.69) is 15.8 Å². The van der Waals surface area contributed by atoms with Crippen molar-refractivity contribution in [2.24, 2.45) is 5.92 Å². The van der Waals surface area contributed by atoms with Crippen LogP contribution in [0.3, 0.4) is 0 Å². The van der Waals surface area contributed by atoms with E-state index < -0.39 is 27.8 Å². The first-order valence-corrected chi connectivity index (χ1v) is 13.4. The largest absolute Gasteiger partial charge is 0.462 e. The molecule has 192 valence electrons. The van der Waals surface area contributed by atoms with E-state index in [4.69, 9.17) is 9.47 Å². The van der Waals surface area contributed by atoms with Gasteiger partial charge in [0.05, 0.1) is 35.8 Å². The number of benzene rings is 1. The van der Waals surface area contributed by atoms with Gasteiger partial charge in [-0.25, -0.2) is 18.2 Å². The number of aromatic nitrogens is 1. The van der Waals surface area contributed by atoms with E-state index in [1.807, 2.05) is 11.8 Å².